The molecule has 0 spiro atoms. The molecule has 2 atom stereocenters. The molecule has 0 aromatic heterocycles. The van der Waals surface area contributed by atoms with Crippen molar-refractivity contribution >= 4 is 8.07 Å². The van der Waals surface area contributed by atoms with Gasteiger partial charge in [-0.05, 0) is 19.3 Å². The fourth-order valence-electron chi connectivity index (χ4n) is 1.88. The summed E-state index contributed by atoms with van der Waals surface area (Å²) in [6, 6.07) is 0. The van der Waals surface area contributed by atoms with E-state index in [1.807, 2.05) is 0 Å². The fraction of sp³-hybridized carbons (Fsp3) is 0.833. The predicted molar refractivity (Wildman–Crippen MR) is 65.3 cm³/mol. The third-order valence-electron chi connectivity index (χ3n) is 2.75. The van der Waals surface area contributed by atoms with E-state index in [0.717, 1.165) is 25.7 Å². The zero-order valence-corrected chi connectivity index (χ0v) is 11.3. The first-order valence-electron chi connectivity index (χ1n) is 5.67. The first-order valence-corrected chi connectivity index (χ1v) is 9.17. The van der Waals surface area contributed by atoms with Gasteiger partial charge in [-0.2, -0.15) is 0 Å². The average molecular weight is 226 g/mol. The Labute approximate surface area is 94.0 Å². The van der Waals surface area contributed by atoms with E-state index in [1.165, 1.54) is 0 Å². The van der Waals surface area contributed by atoms with E-state index in [0.29, 0.717) is 0 Å². The Morgan fingerprint density at radius 1 is 1.33 bits per heavy atom. The summed E-state index contributed by atoms with van der Waals surface area (Å²) in [6.07, 6.45) is 3.76. The summed E-state index contributed by atoms with van der Waals surface area (Å²) in [4.78, 5) is 0. The highest BCUT2D eigenvalue weighted by Crippen LogP contribution is 2.30. The lowest BCUT2D eigenvalue weighted by atomic mass is 9.83. The van der Waals surface area contributed by atoms with Gasteiger partial charge in [0.25, 0.3) is 0 Å². The van der Waals surface area contributed by atoms with Crippen LogP contribution < -0.4 is 0 Å². The third kappa shape index (κ3) is 3.64. The molecule has 1 fully saturated rings. The van der Waals surface area contributed by atoms with Crippen molar-refractivity contribution in [2.75, 3.05) is 7.11 Å². The number of hydrogen-bond donors (Lipinski definition) is 1. The van der Waals surface area contributed by atoms with E-state index in [-0.39, 0.29) is 6.10 Å². The van der Waals surface area contributed by atoms with Crippen LogP contribution in [0.3, 0.4) is 0 Å². The van der Waals surface area contributed by atoms with Crippen molar-refractivity contribution in [3.63, 3.8) is 0 Å². The van der Waals surface area contributed by atoms with E-state index in [4.69, 9.17) is 4.74 Å². The summed E-state index contributed by atoms with van der Waals surface area (Å²) in [6.45, 7) is 6.57. The van der Waals surface area contributed by atoms with Crippen LogP contribution in [0, 0.1) is 11.5 Å². The topological polar surface area (TPSA) is 29.5 Å². The molecule has 2 nitrogen and oxygen atoms in total. The number of hydrogen-bond acceptors (Lipinski definition) is 2. The summed E-state index contributed by atoms with van der Waals surface area (Å²) in [5.74, 6) is 3.08. The summed E-state index contributed by atoms with van der Waals surface area (Å²) in [5.41, 5.74) is 2.36. The summed E-state index contributed by atoms with van der Waals surface area (Å²) < 4.78 is 5.33. The van der Waals surface area contributed by atoms with E-state index in [9.17, 15) is 5.11 Å². The first-order chi connectivity index (χ1) is 6.87. The molecule has 86 valence electrons. The maximum atomic E-state index is 10.4. The van der Waals surface area contributed by atoms with Gasteiger partial charge in [-0.1, -0.05) is 32.0 Å². The molecule has 0 aromatic carbocycles. The van der Waals surface area contributed by atoms with Crippen LogP contribution in [0.1, 0.15) is 25.7 Å². The maximum absolute atomic E-state index is 10.4. The second-order valence-corrected chi connectivity index (χ2v) is 10.1. The molecular weight excluding hydrogens is 204 g/mol. The third-order valence-corrected chi connectivity index (χ3v) is 3.62. The second kappa shape index (κ2) is 4.69. The molecule has 3 heteroatoms. The van der Waals surface area contributed by atoms with E-state index >= 15 is 0 Å². The smallest absolute Gasteiger partial charge is 0.150 e. The summed E-state index contributed by atoms with van der Waals surface area (Å²) in [5, 5.41) is 10.4. The number of aliphatic hydroxyl groups is 1. The van der Waals surface area contributed by atoms with Crippen LogP contribution >= 0.6 is 0 Å². The van der Waals surface area contributed by atoms with Crippen molar-refractivity contribution in [3.8, 4) is 11.5 Å². The van der Waals surface area contributed by atoms with Crippen LogP contribution in [0.25, 0.3) is 0 Å². The monoisotopic (exact) mass is 226 g/mol. The van der Waals surface area contributed by atoms with Crippen molar-refractivity contribution in [2.45, 2.75) is 57.0 Å². The van der Waals surface area contributed by atoms with E-state index in [2.05, 4.69) is 31.1 Å². The lowest BCUT2D eigenvalue weighted by Gasteiger charge is -2.35. The fourth-order valence-corrected chi connectivity index (χ4v) is 2.47. The quantitative estimate of drug-likeness (QED) is 0.548. The molecular formula is C12H22O2Si. The molecule has 0 bridgehead atoms. The van der Waals surface area contributed by atoms with Crippen LogP contribution in [-0.4, -0.2) is 32.0 Å². The molecule has 0 radical (unpaired) electrons. The Balaban J connectivity index is 2.81. The van der Waals surface area contributed by atoms with E-state index in [1.54, 1.807) is 7.11 Å². The largest absolute Gasteiger partial charge is 0.377 e. The normalized spacial score (nSPS) is 31.9. The minimum absolute atomic E-state index is 0.102. The van der Waals surface area contributed by atoms with E-state index < -0.39 is 13.7 Å². The van der Waals surface area contributed by atoms with Crippen LogP contribution in [0.2, 0.25) is 19.6 Å². The Hall–Kier alpha value is -0.303. The molecule has 1 N–H and O–H groups in total. The van der Waals surface area contributed by atoms with Gasteiger partial charge in [0, 0.05) is 7.11 Å². The van der Waals surface area contributed by atoms with Crippen LogP contribution in [0.4, 0.5) is 0 Å². The molecule has 0 aliphatic heterocycles. The lowest BCUT2D eigenvalue weighted by molar-refractivity contribution is -0.0795. The molecule has 1 aliphatic rings. The molecule has 0 saturated heterocycles. The minimum atomic E-state index is -1.41. The van der Waals surface area contributed by atoms with Crippen molar-refractivity contribution in [1.82, 2.24) is 0 Å². The van der Waals surface area contributed by atoms with Crippen molar-refractivity contribution in [2.24, 2.45) is 0 Å². The molecule has 1 saturated carbocycles. The summed E-state index contributed by atoms with van der Waals surface area (Å²) in [7, 11) is 0.257. The van der Waals surface area contributed by atoms with Gasteiger partial charge in [-0.3, -0.25) is 0 Å². The highest BCUT2D eigenvalue weighted by Gasteiger charge is 2.37. The van der Waals surface area contributed by atoms with Crippen LogP contribution in [0.5, 0.6) is 0 Å². The highest BCUT2D eigenvalue weighted by molar-refractivity contribution is 6.83. The SMILES string of the molecule is COC1CCCCC1(O)C#C[Si](C)(C)C. The van der Waals surface area contributed by atoms with Crippen LogP contribution in [0.15, 0.2) is 0 Å². The summed E-state index contributed by atoms with van der Waals surface area (Å²) >= 11 is 0. The van der Waals surface area contributed by atoms with Gasteiger partial charge in [0.15, 0.2) is 5.60 Å². The Morgan fingerprint density at radius 2 is 2.00 bits per heavy atom. The lowest BCUT2D eigenvalue weighted by Crippen LogP contribution is -2.45. The number of rotatable bonds is 1. The van der Waals surface area contributed by atoms with Gasteiger partial charge in [0.05, 0.1) is 6.10 Å². The Morgan fingerprint density at radius 3 is 2.53 bits per heavy atom. The molecule has 1 aliphatic carbocycles. The zero-order chi connectivity index (χ0) is 11.5. The van der Waals surface area contributed by atoms with Gasteiger partial charge in [-0.15, -0.1) is 5.54 Å². The Kier molecular flexibility index (Phi) is 3.99. The zero-order valence-electron chi connectivity index (χ0n) is 10.3. The molecule has 15 heavy (non-hydrogen) atoms. The minimum Gasteiger partial charge on any atom is -0.377 e. The van der Waals surface area contributed by atoms with Crippen molar-refractivity contribution < 1.29 is 9.84 Å². The second-order valence-electron chi connectivity index (χ2n) is 5.39. The number of methoxy groups -OCH3 is 1. The maximum Gasteiger partial charge on any atom is 0.150 e. The standard InChI is InChI=1S/C12H22O2Si/c1-14-11-7-5-6-8-12(11,13)9-10-15(2,3)4/h11,13H,5-8H2,1-4H3. The van der Waals surface area contributed by atoms with Gasteiger partial charge < -0.3 is 9.84 Å². The molecule has 0 heterocycles. The van der Waals surface area contributed by atoms with Crippen LogP contribution in [-0.2, 0) is 4.74 Å². The van der Waals surface area contributed by atoms with Gasteiger partial charge >= 0.3 is 0 Å². The first kappa shape index (κ1) is 12.8. The highest BCUT2D eigenvalue weighted by atomic mass is 28.3. The molecule has 2 unspecified atom stereocenters. The van der Waals surface area contributed by atoms with Gasteiger partial charge in [-0.25, -0.2) is 0 Å². The predicted octanol–water partition coefficient (Wildman–Crippen LogP) is 2.19. The molecule has 0 amide bonds. The number of ether oxygens (including phenoxy) is 1. The average Bonchev–Trinajstić information content (AvgIpc) is 2.15. The van der Waals surface area contributed by atoms with Gasteiger partial charge in [0.1, 0.15) is 8.07 Å². The van der Waals surface area contributed by atoms with Gasteiger partial charge in [0.2, 0.25) is 0 Å². The Bertz CT molecular complexity index is 272. The van der Waals surface area contributed by atoms with Crippen molar-refractivity contribution in [3.05, 3.63) is 0 Å². The van der Waals surface area contributed by atoms with Crippen molar-refractivity contribution in [1.29, 1.82) is 0 Å². The molecule has 1 rings (SSSR count). The molecule has 0 aromatic rings.